The summed E-state index contributed by atoms with van der Waals surface area (Å²) in [6, 6.07) is 6.16. The molecule has 0 saturated heterocycles. The lowest BCUT2D eigenvalue weighted by Crippen LogP contribution is -2.16. The van der Waals surface area contributed by atoms with Gasteiger partial charge in [0.15, 0.2) is 0 Å². The first-order chi connectivity index (χ1) is 8.24. The lowest BCUT2D eigenvalue weighted by Gasteiger charge is -2.24. The summed E-state index contributed by atoms with van der Waals surface area (Å²) in [5, 5.41) is 0. The maximum atomic E-state index is 9.59. The first-order valence-corrected chi connectivity index (χ1v) is 9.61. The molecule has 18 heavy (non-hydrogen) atoms. The average molecular weight is 305 g/mol. The van der Waals surface area contributed by atoms with Crippen molar-refractivity contribution in [2.45, 2.75) is 32.8 Å². The SMILES string of the molecule is Cc1ccc(C(C)C)c(C(CN)OP(O)(=S)S)c1. The zero-order chi connectivity index (χ0) is 13.9. The van der Waals surface area contributed by atoms with Gasteiger partial charge in [0.1, 0.15) is 6.10 Å². The van der Waals surface area contributed by atoms with E-state index in [1.165, 1.54) is 0 Å². The summed E-state index contributed by atoms with van der Waals surface area (Å²) in [7, 11) is 0. The highest BCUT2D eigenvalue weighted by Crippen LogP contribution is 2.51. The first-order valence-electron chi connectivity index (χ1n) is 5.79. The topological polar surface area (TPSA) is 55.5 Å². The van der Waals surface area contributed by atoms with Crippen molar-refractivity contribution in [3.8, 4) is 0 Å². The molecule has 102 valence electrons. The molecule has 2 unspecified atom stereocenters. The van der Waals surface area contributed by atoms with E-state index in [2.05, 4.69) is 38.2 Å². The maximum Gasteiger partial charge on any atom is 0.242 e. The third-order valence-electron chi connectivity index (χ3n) is 2.69. The summed E-state index contributed by atoms with van der Waals surface area (Å²) >= 11 is 8.74. The quantitative estimate of drug-likeness (QED) is 0.577. The summed E-state index contributed by atoms with van der Waals surface area (Å²) < 4.78 is 5.44. The molecule has 0 fully saturated rings. The van der Waals surface area contributed by atoms with E-state index in [0.29, 0.717) is 5.92 Å². The zero-order valence-electron chi connectivity index (χ0n) is 10.8. The number of benzene rings is 1. The highest BCUT2D eigenvalue weighted by Gasteiger charge is 2.21. The Morgan fingerprint density at radius 2 is 2.06 bits per heavy atom. The Kier molecular flexibility index (Phi) is 5.84. The summed E-state index contributed by atoms with van der Waals surface area (Å²) in [6.45, 7) is 6.49. The summed E-state index contributed by atoms with van der Waals surface area (Å²) in [4.78, 5) is 9.59. The van der Waals surface area contributed by atoms with Crippen LogP contribution in [0.15, 0.2) is 18.2 Å². The number of rotatable bonds is 5. The maximum absolute atomic E-state index is 9.59. The fourth-order valence-electron chi connectivity index (χ4n) is 1.89. The van der Waals surface area contributed by atoms with E-state index in [9.17, 15) is 4.89 Å². The van der Waals surface area contributed by atoms with Crippen molar-refractivity contribution in [3.05, 3.63) is 34.9 Å². The molecule has 2 atom stereocenters. The van der Waals surface area contributed by atoms with E-state index >= 15 is 0 Å². The van der Waals surface area contributed by atoms with E-state index in [-0.39, 0.29) is 6.54 Å². The molecule has 0 aliphatic carbocycles. The molecule has 0 saturated carbocycles. The lowest BCUT2D eigenvalue weighted by atomic mass is 9.92. The highest BCUT2D eigenvalue weighted by molar-refractivity contribution is 8.59. The van der Waals surface area contributed by atoms with E-state index < -0.39 is 11.8 Å². The van der Waals surface area contributed by atoms with Crippen LogP contribution < -0.4 is 5.73 Å². The summed E-state index contributed by atoms with van der Waals surface area (Å²) in [5.74, 6) is 0.356. The van der Waals surface area contributed by atoms with Crippen LogP contribution in [0.5, 0.6) is 0 Å². The number of nitrogens with two attached hydrogens (primary N) is 1. The predicted octanol–water partition coefficient (Wildman–Crippen LogP) is 3.28. The molecule has 0 spiro atoms. The fourth-order valence-corrected chi connectivity index (χ4v) is 3.08. The van der Waals surface area contributed by atoms with Crippen molar-refractivity contribution in [2.75, 3.05) is 6.54 Å². The Balaban J connectivity index is 3.19. The zero-order valence-corrected chi connectivity index (χ0v) is 13.4. The Hall–Kier alpha value is 0.1000. The third kappa shape index (κ3) is 4.65. The summed E-state index contributed by atoms with van der Waals surface area (Å²) in [6.07, 6.45) is -0.407. The van der Waals surface area contributed by atoms with Gasteiger partial charge in [-0.25, -0.2) is 0 Å². The molecule has 1 rings (SSSR count). The molecular weight excluding hydrogens is 285 g/mol. The van der Waals surface area contributed by atoms with E-state index in [0.717, 1.165) is 16.7 Å². The van der Waals surface area contributed by atoms with Gasteiger partial charge in [-0.2, -0.15) is 0 Å². The van der Waals surface area contributed by atoms with Gasteiger partial charge in [-0.3, -0.25) is 0 Å². The Bertz CT molecular complexity index is 459. The minimum Gasteiger partial charge on any atom is -0.338 e. The molecule has 0 heterocycles. The Morgan fingerprint density at radius 1 is 1.44 bits per heavy atom. The molecular formula is C12H20NO2PS2. The van der Waals surface area contributed by atoms with E-state index in [1.54, 1.807) is 0 Å². The van der Waals surface area contributed by atoms with Gasteiger partial charge in [-0.15, -0.1) is 0 Å². The molecule has 1 aromatic rings. The minimum absolute atomic E-state index is 0.267. The Morgan fingerprint density at radius 3 is 2.50 bits per heavy atom. The van der Waals surface area contributed by atoms with Gasteiger partial charge in [0, 0.05) is 6.54 Å². The standard InChI is InChI=1S/C12H20NO2PS2/c1-8(2)10-5-4-9(3)6-11(10)12(7-13)15-16(14,17)18/h4-6,8,12H,7,13H2,1-3H3,(H2,14,17,18). The van der Waals surface area contributed by atoms with Gasteiger partial charge in [-0.1, -0.05) is 49.9 Å². The van der Waals surface area contributed by atoms with Crippen LogP contribution in [0.1, 0.15) is 42.6 Å². The largest absolute Gasteiger partial charge is 0.338 e. The smallest absolute Gasteiger partial charge is 0.242 e. The number of hydrogen-bond donors (Lipinski definition) is 3. The lowest BCUT2D eigenvalue weighted by molar-refractivity contribution is 0.219. The number of aryl methyl sites for hydroxylation is 1. The second-order valence-corrected chi connectivity index (χ2v) is 9.72. The highest BCUT2D eigenvalue weighted by atomic mass is 32.9. The average Bonchev–Trinajstić information content (AvgIpc) is 2.24. The molecule has 0 aliphatic heterocycles. The van der Waals surface area contributed by atoms with Gasteiger partial charge in [-0.05, 0) is 35.8 Å². The van der Waals surface area contributed by atoms with E-state index in [4.69, 9.17) is 22.1 Å². The van der Waals surface area contributed by atoms with Gasteiger partial charge in [0.05, 0.1) is 0 Å². The van der Waals surface area contributed by atoms with Crippen LogP contribution in [0, 0.1) is 6.92 Å². The van der Waals surface area contributed by atoms with Crippen molar-refractivity contribution in [1.82, 2.24) is 0 Å². The molecule has 0 radical (unpaired) electrons. The Labute approximate surface area is 119 Å². The first kappa shape index (κ1) is 16.2. The van der Waals surface area contributed by atoms with Crippen LogP contribution in [-0.2, 0) is 16.3 Å². The predicted molar refractivity (Wildman–Crippen MR) is 83.6 cm³/mol. The fraction of sp³-hybridized carbons (Fsp3) is 0.500. The second-order valence-electron chi connectivity index (χ2n) is 4.61. The molecule has 0 aliphatic rings. The van der Waals surface area contributed by atoms with Gasteiger partial charge in [0.25, 0.3) is 0 Å². The van der Waals surface area contributed by atoms with Crippen LogP contribution in [0.2, 0.25) is 0 Å². The molecule has 1 aromatic carbocycles. The van der Waals surface area contributed by atoms with Crippen LogP contribution in [-0.4, -0.2) is 11.4 Å². The molecule has 6 heteroatoms. The van der Waals surface area contributed by atoms with Crippen molar-refractivity contribution in [3.63, 3.8) is 0 Å². The van der Waals surface area contributed by atoms with E-state index in [1.807, 2.05) is 13.0 Å². The normalized spacial score (nSPS) is 16.6. The van der Waals surface area contributed by atoms with Gasteiger partial charge in [0.2, 0.25) is 5.69 Å². The van der Waals surface area contributed by atoms with Crippen molar-refractivity contribution < 1.29 is 9.42 Å². The molecule has 0 bridgehead atoms. The number of hydrogen-bond acceptors (Lipinski definition) is 3. The second kappa shape index (κ2) is 6.51. The number of thiol groups is 1. The van der Waals surface area contributed by atoms with Crippen molar-refractivity contribution >= 4 is 29.7 Å². The van der Waals surface area contributed by atoms with Gasteiger partial charge >= 0.3 is 0 Å². The molecule has 3 N–H and O–H groups in total. The van der Waals surface area contributed by atoms with Crippen molar-refractivity contribution in [1.29, 1.82) is 0 Å². The van der Waals surface area contributed by atoms with Crippen molar-refractivity contribution in [2.24, 2.45) is 5.73 Å². The molecule has 0 aromatic heterocycles. The minimum atomic E-state index is -3.02. The molecule has 3 nitrogen and oxygen atoms in total. The van der Waals surface area contributed by atoms with Gasteiger partial charge < -0.3 is 15.2 Å². The van der Waals surface area contributed by atoms with Crippen LogP contribution in [0.4, 0.5) is 0 Å². The summed E-state index contributed by atoms with van der Waals surface area (Å²) in [5.41, 5.74) is 5.99. The third-order valence-corrected chi connectivity index (χ3v) is 3.76. The van der Waals surface area contributed by atoms with Crippen LogP contribution >= 0.6 is 17.9 Å². The van der Waals surface area contributed by atoms with Crippen LogP contribution in [0.25, 0.3) is 0 Å². The van der Waals surface area contributed by atoms with Crippen LogP contribution in [0.3, 0.4) is 0 Å². The molecule has 0 amide bonds. The monoisotopic (exact) mass is 305 g/mol.